The van der Waals surface area contributed by atoms with Crippen LogP contribution in [0.25, 0.3) is 0 Å². The molecule has 0 spiro atoms. The Balaban J connectivity index is 2.02. The molecule has 0 bridgehead atoms. The van der Waals surface area contributed by atoms with Gasteiger partial charge in [0.15, 0.2) is 0 Å². The molecule has 2 amide bonds. The Bertz CT molecular complexity index is 922. The first-order valence-electron chi connectivity index (χ1n) is 8.63. The lowest BCUT2D eigenvalue weighted by atomic mass is 10.1. The smallest absolute Gasteiger partial charge is 0.325 e. The standard InChI is InChI=1S/C20H19F3N4O2/c1-27(10-4-9-24)13-18(28)25-16-7-2-5-14(11-16)19(29)26-17-8-3-6-15(12-17)20(21,22)23/h2-3,5-8,11-12H,4,10,13H2,1H3,(H,25,28)(H,26,29). The number of likely N-dealkylation sites (N-methyl/N-ethyl adjacent to an activating group) is 1. The molecule has 152 valence electrons. The normalized spacial score (nSPS) is 11.0. The predicted molar refractivity (Wildman–Crippen MR) is 102 cm³/mol. The van der Waals surface area contributed by atoms with Crippen molar-refractivity contribution in [3.05, 3.63) is 59.7 Å². The number of nitrogens with zero attached hydrogens (tertiary/aromatic N) is 2. The third kappa shape index (κ3) is 6.93. The molecule has 9 heteroatoms. The third-order valence-corrected chi connectivity index (χ3v) is 3.88. The highest BCUT2D eigenvalue weighted by molar-refractivity contribution is 6.05. The maximum Gasteiger partial charge on any atom is 0.416 e. The van der Waals surface area contributed by atoms with Crippen LogP contribution in [0, 0.1) is 11.3 Å². The summed E-state index contributed by atoms with van der Waals surface area (Å²) >= 11 is 0. The predicted octanol–water partition coefficient (Wildman–Crippen LogP) is 3.74. The molecule has 2 aromatic rings. The first-order chi connectivity index (χ1) is 13.7. The number of amides is 2. The minimum absolute atomic E-state index is 0.0124. The first kappa shape index (κ1) is 21.9. The minimum atomic E-state index is -4.51. The van der Waals surface area contributed by atoms with Gasteiger partial charge >= 0.3 is 6.18 Å². The van der Waals surface area contributed by atoms with Gasteiger partial charge in [-0.05, 0) is 43.4 Å². The van der Waals surface area contributed by atoms with E-state index in [-0.39, 0.29) is 23.7 Å². The van der Waals surface area contributed by atoms with Gasteiger partial charge in [0.25, 0.3) is 5.91 Å². The number of rotatable bonds is 7. The second kappa shape index (κ2) is 9.71. The number of nitriles is 1. The molecule has 0 heterocycles. The fraction of sp³-hybridized carbons (Fsp3) is 0.250. The summed E-state index contributed by atoms with van der Waals surface area (Å²) in [5.41, 5.74) is -0.298. The van der Waals surface area contributed by atoms with Crippen LogP contribution in [-0.4, -0.2) is 36.9 Å². The van der Waals surface area contributed by atoms with Crippen molar-refractivity contribution in [2.75, 3.05) is 30.8 Å². The van der Waals surface area contributed by atoms with E-state index in [0.717, 1.165) is 12.1 Å². The summed E-state index contributed by atoms with van der Waals surface area (Å²) < 4.78 is 38.4. The molecule has 0 atom stereocenters. The van der Waals surface area contributed by atoms with E-state index in [1.54, 1.807) is 24.1 Å². The Morgan fingerprint density at radius 1 is 1.07 bits per heavy atom. The summed E-state index contributed by atoms with van der Waals surface area (Å²) in [5.74, 6) is -0.924. The number of anilines is 2. The molecule has 2 rings (SSSR count). The molecule has 0 fully saturated rings. The molecule has 0 aromatic heterocycles. The van der Waals surface area contributed by atoms with E-state index in [4.69, 9.17) is 5.26 Å². The largest absolute Gasteiger partial charge is 0.416 e. The fourth-order valence-electron chi connectivity index (χ4n) is 2.48. The fourth-order valence-corrected chi connectivity index (χ4v) is 2.48. The molecule has 0 aliphatic heterocycles. The second-order valence-corrected chi connectivity index (χ2v) is 6.31. The summed E-state index contributed by atoms with van der Waals surface area (Å²) in [4.78, 5) is 26.1. The maximum atomic E-state index is 12.8. The van der Waals surface area contributed by atoms with Gasteiger partial charge in [-0.1, -0.05) is 12.1 Å². The van der Waals surface area contributed by atoms with Crippen LogP contribution < -0.4 is 10.6 Å². The summed E-state index contributed by atoms with van der Waals surface area (Å²) in [6.45, 7) is 0.520. The highest BCUT2D eigenvalue weighted by Gasteiger charge is 2.30. The molecular formula is C20H19F3N4O2. The number of halogens is 3. The van der Waals surface area contributed by atoms with Crippen LogP contribution in [0.2, 0.25) is 0 Å². The Hall–Kier alpha value is -3.38. The van der Waals surface area contributed by atoms with Crippen molar-refractivity contribution in [2.45, 2.75) is 12.6 Å². The molecule has 0 unspecified atom stereocenters. The van der Waals surface area contributed by atoms with Crippen LogP contribution in [0.4, 0.5) is 24.5 Å². The van der Waals surface area contributed by atoms with Crippen molar-refractivity contribution < 1.29 is 22.8 Å². The molecule has 6 nitrogen and oxygen atoms in total. The van der Waals surface area contributed by atoms with Gasteiger partial charge in [0.1, 0.15) is 0 Å². The number of carbonyl (C=O) groups excluding carboxylic acids is 2. The van der Waals surface area contributed by atoms with Crippen molar-refractivity contribution >= 4 is 23.2 Å². The van der Waals surface area contributed by atoms with Crippen LogP contribution in [0.3, 0.4) is 0 Å². The van der Waals surface area contributed by atoms with Crippen LogP contribution in [0.15, 0.2) is 48.5 Å². The summed E-state index contributed by atoms with van der Waals surface area (Å²) in [7, 11) is 1.70. The van der Waals surface area contributed by atoms with Gasteiger partial charge in [-0.25, -0.2) is 0 Å². The van der Waals surface area contributed by atoms with Crippen molar-refractivity contribution in [1.82, 2.24) is 4.90 Å². The van der Waals surface area contributed by atoms with Gasteiger partial charge in [0, 0.05) is 29.9 Å². The average Bonchev–Trinajstić information content (AvgIpc) is 2.66. The van der Waals surface area contributed by atoms with Gasteiger partial charge in [0.2, 0.25) is 5.91 Å². The maximum absolute atomic E-state index is 12.8. The van der Waals surface area contributed by atoms with Gasteiger partial charge in [-0.3, -0.25) is 14.5 Å². The number of carbonyl (C=O) groups is 2. The lowest BCUT2D eigenvalue weighted by molar-refractivity contribution is -0.137. The van der Waals surface area contributed by atoms with Crippen molar-refractivity contribution in [1.29, 1.82) is 5.26 Å². The number of hydrogen-bond acceptors (Lipinski definition) is 4. The molecular weight excluding hydrogens is 385 g/mol. The number of alkyl halides is 3. The zero-order chi connectivity index (χ0) is 21.4. The van der Waals surface area contributed by atoms with E-state index in [2.05, 4.69) is 10.6 Å². The van der Waals surface area contributed by atoms with Crippen molar-refractivity contribution in [2.24, 2.45) is 0 Å². The van der Waals surface area contributed by atoms with E-state index >= 15 is 0 Å². The Morgan fingerprint density at radius 3 is 2.38 bits per heavy atom. The minimum Gasteiger partial charge on any atom is -0.325 e. The Kier molecular flexibility index (Phi) is 7.33. The molecule has 0 aliphatic carbocycles. The van der Waals surface area contributed by atoms with Gasteiger partial charge in [0.05, 0.1) is 18.2 Å². The molecule has 0 radical (unpaired) electrons. The molecule has 2 N–H and O–H groups in total. The lowest BCUT2D eigenvalue weighted by Gasteiger charge is -2.14. The van der Waals surface area contributed by atoms with E-state index in [1.165, 1.54) is 24.3 Å². The molecule has 29 heavy (non-hydrogen) atoms. The summed E-state index contributed by atoms with van der Waals surface area (Å²) in [6.07, 6.45) is -4.21. The van der Waals surface area contributed by atoms with E-state index in [0.29, 0.717) is 18.7 Å². The van der Waals surface area contributed by atoms with Crippen LogP contribution >= 0.6 is 0 Å². The molecule has 2 aromatic carbocycles. The lowest BCUT2D eigenvalue weighted by Crippen LogP contribution is -2.30. The van der Waals surface area contributed by atoms with E-state index < -0.39 is 17.6 Å². The molecule has 0 saturated heterocycles. The molecule has 0 saturated carbocycles. The van der Waals surface area contributed by atoms with Crippen molar-refractivity contribution in [3.63, 3.8) is 0 Å². The summed E-state index contributed by atoms with van der Waals surface area (Å²) in [5, 5.41) is 13.6. The number of hydrogen-bond donors (Lipinski definition) is 2. The average molecular weight is 404 g/mol. The van der Waals surface area contributed by atoms with Crippen LogP contribution in [-0.2, 0) is 11.0 Å². The van der Waals surface area contributed by atoms with Gasteiger partial charge in [-0.15, -0.1) is 0 Å². The number of nitrogens with one attached hydrogen (secondary N) is 2. The van der Waals surface area contributed by atoms with Gasteiger partial charge in [-0.2, -0.15) is 18.4 Å². The SMILES string of the molecule is CN(CCC#N)CC(=O)Nc1cccc(C(=O)Nc2cccc(C(F)(F)F)c2)c1. The van der Waals surface area contributed by atoms with E-state index in [1.807, 2.05) is 6.07 Å². The second-order valence-electron chi connectivity index (χ2n) is 6.31. The van der Waals surface area contributed by atoms with E-state index in [9.17, 15) is 22.8 Å². The first-order valence-corrected chi connectivity index (χ1v) is 8.63. The topological polar surface area (TPSA) is 85.2 Å². The number of benzene rings is 2. The monoisotopic (exact) mass is 404 g/mol. The Morgan fingerprint density at radius 2 is 1.72 bits per heavy atom. The third-order valence-electron chi connectivity index (χ3n) is 3.88. The highest BCUT2D eigenvalue weighted by Crippen LogP contribution is 2.30. The molecule has 0 aliphatic rings. The highest BCUT2D eigenvalue weighted by atomic mass is 19.4. The zero-order valence-corrected chi connectivity index (χ0v) is 15.6. The van der Waals surface area contributed by atoms with Crippen molar-refractivity contribution in [3.8, 4) is 6.07 Å². The van der Waals surface area contributed by atoms with Crippen LogP contribution in [0.5, 0.6) is 0 Å². The zero-order valence-electron chi connectivity index (χ0n) is 15.6. The summed E-state index contributed by atoms with van der Waals surface area (Å²) in [6, 6.07) is 12.4. The Labute approximate surface area is 165 Å². The van der Waals surface area contributed by atoms with Gasteiger partial charge < -0.3 is 10.6 Å². The quantitative estimate of drug-likeness (QED) is 0.736. The van der Waals surface area contributed by atoms with Crippen LogP contribution in [0.1, 0.15) is 22.3 Å².